The highest BCUT2D eigenvalue weighted by atomic mass is 32.2. The zero-order valence-corrected chi connectivity index (χ0v) is 20.4. The van der Waals surface area contributed by atoms with Gasteiger partial charge >= 0.3 is 0 Å². The molecule has 3 aromatic heterocycles. The van der Waals surface area contributed by atoms with Crippen molar-refractivity contribution in [3.8, 4) is 16.8 Å². The predicted molar refractivity (Wildman–Crippen MR) is 135 cm³/mol. The topological polar surface area (TPSA) is 105 Å². The minimum absolute atomic E-state index is 0.178. The number of sulfonamides is 1. The molecule has 1 aromatic carbocycles. The quantitative estimate of drug-likeness (QED) is 0.391. The molecule has 9 nitrogen and oxygen atoms in total. The van der Waals surface area contributed by atoms with E-state index in [2.05, 4.69) is 24.9 Å². The van der Waals surface area contributed by atoms with Crippen LogP contribution in [0.4, 0.5) is 20.3 Å². The number of pyridine rings is 1. The Hall–Kier alpha value is -3.64. The van der Waals surface area contributed by atoms with Crippen LogP contribution in [-0.2, 0) is 10.0 Å². The van der Waals surface area contributed by atoms with E-state index < -0.39 is 27.3 Å². The van der Waals surface area contributed by atoms with Crippen LogP contribution in [-0.4, -0.2) is 59.9 Å². The van der Waals surface area contributed by atoms with Crippen LogP contribution in [0, 0.1) is 11.6 Å². The van der Waals surface area contributed by atoms with Crippen LogP contribution in [0.3, 0.4) is 0 Å². The van der Waals surface area contributed by atoms with Crippen molar-refractivity contribution >= 4 is 32.6 Å². The zero-order valence-electron chi connectivity index (χ0n) is 19.6. The standard InChI is InChI=1S/C24H25F2N7O2S/c1-2-11-36(34,35)31-19-4-3-18(25)24(22(19)26)33-14-17(16-12-28-15-29-13-16)23-20(33)5-6-21(30-23)32-9-7-27-8-10-32/h3-6,12-15,27,31H,2,7-11H2,1H3. The van der Waals surface area contributed by atoms with Gasteiger partial charge in [0.1, 0.15) is 23.6 Å². The van der Waals surface area contributed by atoms with Crippen molar-refractivity contribution in [3.05, 3.63) is 60.8 Å². The third-order valence-corrected chi connectivity index (χ3v) is 7.47. The molecular formula is C24H25F2N7O2S. The molecule has 0 bridgehead atoms. The molecule has 0 unspecified atom stereocenters. The molecule has 1 fully saturated rings. The van der Waals surface area contributed by atoms with E-state index in [0.29, 0.717) is 28.6 Å². The normalized spacial score (nSPS) is 14.4. The minimum atomic E-state index is -3.78. The second-order valence-corrected chi connectivity index (χ2v) is 10.3. The number of hydrogen-bond donors (Lipinski definition) is 2. The number of nitrogens with one attached hydrogen (secondary N) is 2. The molecule has 0 aliphatic carbocycles. The first kappa shape index (κ1) is 24.1. The van der Waals surface area contributed by atoms with Gasteiger partial charge in [-0.05, 0) is 30.7 Å². The average Bonchev–Trinajstić information content (AvgIpc) is 3.25. The summed E-state index contributed by atoms with van der Waals surface area (Å²) in [7, 11) is -3.78. The summed E-state index contributed by atoms with van der Waals surface area (Å²) in [4.78, 5) is 15.1. The van der Waals surface area contributed by atoms with E-state index in [1.165, 1.54) is 10.9 Å². The van der Waals surface area contributed by atoms with Crippen LogP contribution >= 0.6 is 0 Å². The first-order chi connectivity index (χ1) is 17.4. The lowest BCUT2D eigenvalue weighted by Crippen LogP contribution is -2.43. The minimum Gasteiger partial charge on any atom is -0.354 e. The lowest BCUT2D eigenvalue weighted by molar-refractivity contribution is 0.572. The van der Waals surface area contributed by atoms with E-state index in [1.807, 2.05) is 6.07 Å². The van der Waals surface area contributed by atoms with Crippen LogP contribution in [0.1, 0.15) is 13.3 Å². The van der Waals surface area contributed by atoms with Gasteiger partial charge < -0.3 is 14.8 Å². The van der Waals surface area contributed by atoms with Gasteiger partial charge in [0.05, 0.1) is 22.5 Å². The van der Waals surface area contributed by atoms with Crippen LogP contribution < -0.4 is 14.9 Å². The van der Waals surface area contributed by atoms with Crippen molar-refractivity contribution in [1.29, 1.82) is 0 Å². The molecule has 0 spiro atoms. The second-order valence-electron chi connectivity index (χ2n) is 8.49. The van der Waals surface area contributed by atoms with Crippen LogP contribution in [0.15, 0.2) is 49.2 Å². The van der Waals surface area contributed by atoms with Gasteiger partial charge in [-0.15, -0.1) is 0 Å². The van der Waals surface area contributed by atoms with E-state index in [4.69, 9.17) is 4.98 Å². The molecule has 188 valence electrons. The molecule has 4 aromatic rings. The first-order valence-electron chi connectivity index (χ1n) is 11.6. The molecule has 1 aliphatic rings. The molecule has 0 atom stereocenters. The van der Waals surface area contributed by atoms with E-state index in [1.54, 1.807) is 31.6 Å². The summed E-state index contributed by atoms with van der Waals surface area (Å²) in [5.41, 5.74) is 1.48. The molecule has 0 radical (unpaired) electrons. The molecule has 0 amide bonds. The van der Waals surface area contributed by atoms with E-state index in [-0.39, 0.29) is 11.4 Å². The van der Waals surface area contributed by atoms with Gasteiger partial charge in [0.2, 0.25) is 10.0 Å². The highest BCUT2D eigenvalue weighted by Gasteiger charge is 2.23. The number of piperazine rings is 1. The van der Waals surface area contributed by atoms with Gasteiger partial charge in [-0.3, -0.25) is 4.72 Å². The van der Waals surface area contributed by atoms with Gasteiger partial charge in [0.15, 0.2) is 5.82 Å². The van der Waals surface area contributed by atoms with Gasteiger partial charge in [-0.25, -0.2) is 32.2 Å². The van der Waals surface area contributed by atoms with Crippen molar-refractivity contribution in [2.45, 2.75) is 13.3 Å². The van der Waals surface area contributed by atoms with Gasteiger partial charge in [-0.2, -0.15) is 0 Å². The molecule has 36 heavy (non-hydrogen) atoms. The van der Waals surface area contributed by atoms with Gasteiger partial charge in [-0.1, -0.05) is 6.92 Å². The predicted octanol–water partition coefficient (Wildman–Crippen LogP) is 3.32. The lowest BCUT2D eigenvalue weighted by atomic mass is 10.1. The van der Waals surface area contributed by atoms with Crippen LogP contribution in [0.25, 0.3) is 27.8 Å². The Labute approximate surface area is 207 Å². The summed E-state index contributed by atoms with van der Waals surface area (Å²) in [6, 6.07) is 5.71. The SMILES string of the molecule is CCCS(=O)(=O)Nc1ccc(F)c(-n2cc(-c3cncnc3)c3nc(N4CCNCC4)ccc32)c1F. The second kappa shape index (κ2) is 9.78. The van der Waals surface area contributed by atoms with Crippen molar-refractivity contribution < 1.29 is 17.2 Å². The number of fused-ring (bicyclic) bond motifs is 1. The molecule has 1 aliphatic heterocycles. The number of aromatic nitrogens is 4. The third kappa shape index (κ3) is 4.61. The van der Waals surface area contributed by atoms with E-state index in [0.717, 1.165) is 44.1 Å². The number of halogens is 2. The average molecular weight is 514 g/mol. The summed E-state index contributed by atoms with van der Waals surface area (Å²) in [6.45, 7) is 4.93. The van der Waals surface area contributed by atoms with E-state index in [9.17, 15) is 8.42 Å². The Kier molecular flexibility index (Phi) is 6.54. The Morgan fingerprint density at radius 3 is 2.56 bits per heavy atom. The third-order valence-electron chi connectivity index (χ3n) is 5.99. The lowest BCUT2D eigenvalue weighted by Gasteiger charge is -2.28. The van der Waals surface area contributed by atoms with Crippen molar-refractivity contribution in [2.24, 2.45) is 0 Å². The number of rotatable bonds is 7. The van der Waals surface area contributed by atoms with E-state index >= 15 is 8.78 Å². The maximum absolute atomic E-state index is 15.7. The molecule has 0 saturated carbocycles. The molecular weight excluding hydrogens is 488 g/mol. The molecule has 1 saturated heterocycles. The summed E-state index contributed by atoms with van der Waals surface area (Å²) < 4.78 is 58.9. The monoisotopic (exact) mass is 513 g/mol. The maximum Gasteiger partial charge on any atom is 0.232 e. The van der Waals surface area contributed by atoms with Crippen LogP contribution in [0.5, 0.6) is 0 Å². The highest BCUT2D eigenvalue weighted by Crippen LogP contribution is 2.35. The smallest absolute Gasteiger partial charge is 0.232 e. The highest BCUT2D eigenvalue weighted by molar-refractivity contribution is 7.92. The molecule has 5 rings (SSSR count). The van der Waals surface area contributed by atoms with Crippen LogP contribution in [0.2, 0.25) is 0 Å². The summed E-state index contributed by atoms with van der Waals surface area (Å²) in [5.74, 6) is -1.29. The van der Waals surface area contributed by atoms with Crippen molar-refractivity contribution in [2.75, 3.05) is 41.6 Å². The summed E-state index contributed by atoms with van der Waals surface area (Å²) in [6.07, 6.45) is 6.54. The summed E-state index contributed by atoms with van der Waals surface area (Å²) >= 11 is 0. The maximum atomic E-state index is 15.7. The fourth-order valence-electron chi connectivity index (χ4n) is 4.33. The Morgan fingerprint density at radius 1 is 1.08 bits per heavy atom. The Bertz CT molecular complexity index is 1500. The van der Waals surface area contributed by atoms with Gasteiger partial charge in [0.25, 0.3) is 0 Å². The van der Waals surface area contributed by atoms with Crippen molar-refractivity contribution in [1.82, 2.24) is 24.8 Å². The Morgan fingerprint density at radius 2 is 1.83 bits per heavy atom. The largest absolute Gasteiger partial charge is 0.354 e. The molecule has 12 heteroatoms. The van der Waals surface area contributed by atoms with Gasteiger partial charge in [0, 0.05) is 55.9 Å². The molecule has 4 heterocycles. The molecule has 2 N–H and O–H groups in total. The summed E-state index contributed by atoms with van der Waals surface area (Å²) in [5, 5.41) is 3.30. The van der Waals surface area contributed by atoms with Crippen molar-refractivity contribution in [3.63, 3.8) is 0 Å². The number of anilines is 2. The zero-order chi connectivity index (χ0) is 25.3. The Balaban J connectivity index is 1.69. The fraction of sp³-hybridized carbons (Fsp3) is 0.292. The fourth-order valence-corrected chi connectivity index (χ4v) is 5.46. The number of nitrogens with zero attached hydrogens (tertiary/aromatic N) is 5. The first-order valence-corrected chi connectivity index (χ1v) is 13.2. The number of benzene rings is 1. The number of hydrogen-bond acceptors (Lipinski definition) is 7.